The summed E-state index contributed by atoms with van der Waals surface area (Å²) >= 11 is 0. The van der Waals surface area contributed by atoms with E-state index in [4.69, 9.17) is 0 Å². The van der Waals surface area contributed by atoms with Crippen LogP contribution in [-0.2, 0) is 0 Å². The van der Waals surface area contributed by atoms with Crippen LogP contribution in [0.4, 0.5) is 21.6 Å². The van der Waals surface area contributed by atoms with E-state index in [0.29, 0.717) is 11.5 Å². The Morgan fingerprint density at radius 1 is 0.793 bits per heavy atom. The first-order valence-electron chi connectivity index (χ1n) is 8.99. The fourth-order valence-corrected chi connectivity index (χ4v) is 2.81. The number of anilines is 3. The molecule has 0 unspecified atom stereocenters. The molecule has 0 radical (unpaired) electrons. The average molecular weight is 384 g/mol. The Labute approximate surface area is 167 Å². The van der Waals surface area contributed by atoms with E-state index in [2.05, 4.69) is 20.6 Å². The van der Waals surface area contributed by atoms with Crippen LogP contribution >= 0.6 is 0 Å². The summed E-state index contributed by atoms with van der Waals surface area (Å²) in [7, 11) is 0. The summed E-state index contributed by atoms with van der Waals surface area (Å²) in [6, 6.07) is 24.5. The minimum absolute atomic E-state index is 0.265. The zero-order chi connectivity index (χ0) is 20.1. The van der Waals surface area contributed by atoms with E-state index in [0.717, 1.165) is 16.9 Å². The van der Waals surface area contributed by atoms with Crippen molar-refractivity contribution in [3.05, 3.63) is 103 Å². The molecule has 4 aromatic rings. The minimum atomic E-state index is -0.447. The number of rotatable bonds is 5. The molecule has 2 N–H and O–H groups in total. The molecule has 1 aromatic heterocycles. The zero-order valence-corrected chi connectivity index (χ0v) is 15.3. The van der Waals surface area contributed by atoms with Gasteiger partial charge in [0, 0.05) is 28.6 Å². The van der Waals surface area contributed by atoms with Crippen LogP contribution in [0, 0.1) is 5.82 Å². The quantitative estimate of drug-likeness (QED) is 0.491. The Kier molecular flexibility index (Phi) is 5.25. The number of hydrogen-bond acceptors (Lipinski definition) is 4. The van der Waals surface area contributed by atoms with E-state index in [1.807, 2.05) is 48.5 Å². The van der Waals surface area contributed by atoms with Crippen LogP contribution in [0.5, 0.6) is 0 Å². The molecule has 0 saturated carbocycles. The normalized spacial score (nSPS) is 10.4. The van der Waals surface area contributed by atoms with Crippen molar-refractivity contribution in [2.45, 2.75) is 0 Å². The largest absolute Gasteiger partial charge is 0.340 e. The molecule has 0 aliphatic rings. The van der Waals surface area contributed by atoms with E-state index in [1.165, 1.54) is 24.5 Å². The summed E-state index contributed by atoms with van der Waals surface area (Å²) in [6.45, 7) is 0. The van der Waals surface area contributed by atoms with Crippen LogP contribution in [0.3, 0.4) is 0 Å². The highest BCUT2D eigenvalue weighted by molar-refractivity contribution is 6.04. The van der Waals surface area contributed by atoms with Gasteiger partial charge in [-0.1, -0.05) is 36.4 Å². The number of halogens is 1. The zero-order valence-electron chi connectivity index (χ0n) is 15.3. The van der Waals surface area contributed by atoms with Gasteiger partial charge < -0.3 is 10.6 Å². The van der Waals surface area contributed by atoms with Crippen molar-refractivity contribution in [3.63, 3.8) is 0 Å². The minimum Gasteiger partial charge on any atom is -0.340 e. The fraction of sp³-hybridized carbons (Fsp3) is 0. The Morgan fingerprint density at radius 2 is 1.55 bits per heavy atom. The summed E-state index contributed by atoms with van der Waals surface area (Å²) < 4.78 is 13.3. The number of aromatic nitrogens is 2. The molecule has 0 fully saturated rings. The maximum atomic E-state index is 13.3. The third kappa shape index (κ3) is 4.62. The van der Waals surface area contributed by atoms with E-state index >= 15 is 0 Å². The molecule has 4 rings (SSSR count). The molecule has 1 amide bonds. The van der Waals surface area contributed by atoms with Crippen molar-refractivity contribution >= 4 is 23.1 Å². The predicted molar refractivity (Wildman–Crippen MR) is 112 cm³/mol. The van der Waals surface area contributed by atoms with Gasteiger partial charge in [-0.25, -0.2) is 14.4 Å². The number of nitrogens with zero attached hydrogens (tertiary/aromatic N) is 2. The van der Waals surface area contributed by atoms with Crippen LogP contribution in [-0.4, -0.2) is 15.9 Å². The Hall–Kier alpha value is -4.06. The molecule has 0 saturated heterocycles. The molecular weight excluding hydrogens is 367 g/mol. The van der Waals surface area contributed by atoms with Crippen molar-refractivity contribution in [2.24, 2.45) is 0 Å². The number of nitrogens with one attached hydrogen (secondary N) is 2. The van der Waals surface area contributed by atoms with Crippen LogP contribution in [0.25, 0.3) is 11.3 Å². The third-order valence-corrected chi connectivity index (χ3v) is 4.24. The van der Waals surface area contributed by atoms with Gasteiger partial charge in [-0.05, 0) is 42.5 Å². The second-order valence-electron chi connectivity index (χ2n) is 6.32. The number of benzene rings is 3. The third-order valence-electron chi connectivity index (χ3n) is 4.24. The topological polar surface area (TPSA) is 66.9 Å². The van der Waals surface area contributed by atoms with Gasteiger partial charge in [0.15, 0.2) is 0 Å². The van der Waals surface area contributed by atoms with Gasteiger partial charge in [0.05, 0.1) is 5.69 Å². The second kappa shape index (κ2) is 8.31. The highest BCUT2D eigenvalue weighted by Gasteiger charge is 2.07. The lowest BCUT2D eigenvalue weighted by molar-refractivity contribution is 0.102. The SMILES string of the molecule is O=C(Nc1ccc(Nc2cc(-c3ccccc3)ncn2)cc1)c1cccc(F)c1. The summed E-state index contributed by atoms with van der Waals surface area (Å²) in [5, 5.41) is 5.97. The molecule has 0 aliphatic carbocycles. The molecular formula is C23H17FN4O. The van der Waals surface area contributed by atoms with Crippen LogP contribution in [0.1, 0.15) is 10.4 Å². The van der Waals surface area contributed by atoms with Crippen molar-refractivity contribution in [1.82, 2.24) is 9.97 Å². The van der Waals surface area contributed by atoms with Gasteiger partial charge >= 0.3 is 0 Å². The van der Waals surface area contributed by atoms with Crippen molar-refractivity contribution in [3.8, 4) is 11.3 Å². The first-order chi connectivity index (χ1) is 14.2. The standard InChI is InChI=1S/C23H17FN4O/c24-18-8-4-7-17(13-18)23(29)28-20-11-9-19(10-12-20)27-22-14-21(25-15-26-22)16-5-2-1-3-6-16/h1-15H,(H,28,29)(H,25,26,27). The lowest BCUT2D eigenvalue weighted by atomic mass is 10.1. The van der Waals surface area contributed by atoms with Gasteiger partial charge in [0.2, 0.25) is 0 Å². The number of carbonyl (C=O) groups excluding carboxylic acids is 1. The summed E-state index contributed by atoms with van der Waals surface area (Å²) in [5.41, 5.74) is 3.51. The Morgan fingerprint density at radius 3 is 2.31 bits per heavy atom. The van der Waals surface area contributed by atoms with Crippen molar-refractivity contribution in [1.29, 1.82) is 0 Å². The molecule has 3 aromatic carbocycles. The Balaban J connectivity index is 1.44. The lowest BCUT2D eigenvalue weighted by Gasteiger charge is -2.09. The highest BCUT2D eigenvalue weighted by atomic mass is 19.1. The molecule has 0 bridgehead atoms. The Bertz CT molecular complexity index is 1130. The predicted octanol–water partition coefficient (Wildman–Crippen LogP) is 5.28. The van der Waals surface area contributed by atoms with E-state index in [9.17, 15) is 9.18 Å². The number of carbonyl (C=O) groups is 1. The van der Waals surface area contributed by atoms with Crippen molar-refractivity contribution < 1.29 is 9.18 Å². The second-order valence-corrected chi connectivity index (χ2v) is 6.32. The molecule has 5 nitrogen and oxygen atoms in total. The van der Waals surface area contributed by atoms with Crippen LogP contribution in [0.2, 0.25) is 0 Å². The first kappa shape index (κ1) is 18.3. The maximum Gasteiger partial charge on any atom is 0.255 e. The van der Waals surface area contributed by atoms with Crippen LogP contribution < -0.4 is 10.6 Å². The summed E-state index contributed by atoms with van der Waals surface area (Å²) in [5.74, 6) is -0.152. The molecule has 0 spiro atoms. The van der Waals surface area contributed by atoms with E-state index in [-0.39, 0.29) is 11.5 Å². The fourth-order valence-electron chi connectivity index (χ4n) is 2.81. The molecule has 0 aliphatic heterocycles. The van der Waals surface area contributed by atoms with Gasteiger partial charge in [-0.15, -0.1) is 0 Å². The average Bonchev–Trinajstić information content (AvgIpc) is 2.76. The molecule has 1 heterocycles. The molecule has 0 atom stereocenters. The van der Waals surface area contributed by atoms with E-state index < -0.39 is 5.82 Å². The molecule has 142 valence electrons. The van der Waals surface area contributed by atoms with Gasteiger partial charge in [0.1, 0.15) is 18.0 Å². The summed E-state index contributed by atoms with van der Waals surface area (Å²) in [4.78, 5) is 20.8. The number of amides is 1. The van der Waals surface area contributed by atoms with Gasteiger partial charge in [-0.2, -0.15) is 0 Å². The molecule has 29 heavy (non-hydrogen) atoms. The number of hydrogen-bond donors (Lipinski definition) is 2. The van der Waals surface area contributed by atoms with Crippen molar-refractivity contribution in [2.75, 3.05) is 10.6 Å². The van der Waals surface area contributed by atoms with Gasteiger partial charge in [-0.3, -0.25) is 4.79 Å². The first-order valence-corrected chi connectivity index (χ1v) is 8.99. The molecule has 6 heteroatoms. The smallest absolute Gasteiger partial charge is 0.255 e. The highest BCUT2D eigenvalue weighted by Crippen LogP contribution is 2.22. The lowest BCUT2D eigenvalue weighted by Crippen LogP contribution is -2.11. The maximum absolute atomic E-state index is 13.3. The van der Waals surface area contributed by atoms with Gasteiger partial charge in [0.25, 0.3) is 5.91 Å². The monoisotopic (exact) mass is 384 g/mol. The van der Waals surface area contributed by atoms with E-state index in [1.54, 1.807) is 18.2 Å². The van der Waals surface area contributed by atoms with Crippen LogP contribution in [0.15, 0.2) is 91.3 Å². The summed E-state index contributed by atoms with van der Waals surface area (Å²) in [6.07, 6.45) is 1.51.